The van der Waals surface area contributed by atoms with Gasteiger partial charge in [0.25, 0.3) is 0 Å². The highest BCUT2D eigenvalue weighted by molar-refractivity contribution is 5.98. The van der Waals surface area contributed by atoms with Crippen molar-refractivity contribution in [3.63, 3.8) is 0 Å². The van der Waals surface area contributed by atoms with Crippen molar-refractivity contribution in [1.82, 2.24) is 24.8 Å². The molecule has 0 saturated carbocycles. The van der Waals surface area contributed by atoms with E-state index in [0.29, 0.717) is 31.2 Å². The first kappa shape index (κ1) is 29.9. The number of carbonyl (C=O) groups is 3. The highest BCUT2D eigenvalue weighted by Gasteiger charge is 2.79. The molecular formula is C31H41N5O6. The minimum absolute atomic E-state index is 0.0723. The van der Waals surface area contributed by atoms with Crippen molar-refractivity contribution >= 4 is 28.8 Å². The molecule has 0 aliphatic carbocycles. The van der Waals surface area contributed by atoms with E-state index in [2.05, 4.69) is 23.5 Å². The van der Waals surface area contributed by atoms with Crippen molar-refractivity contribution in [2.45, 2.75) is 76.4 Å². The molecule has 2 aromatic rings. The van der Waals surface area contributed by atoms with E-state index in [1.807, 2.05) is 45.0 Å². The van der Waals surface area contributed by atoms with E-state index < -0.39 is 41.1 Å². The van der Waals surface area contributed by atoms with E-state index in [-0.39, 0.29) is 44.2 Å². The first-order valence-corrected chi connectivity index (χ1v) is 14.7. The molecule has 0 radical (unpaired) electrons. The molecule has 1 spiro atoms. The van der Waals surface area contributed by atoms with E-state index in [1.165, 1.54) is 4.90 Å². The van der Waals surface area contributed by atoms with Gasteiger partial charge in [0.05, 0.1) is 36.3 Å². The van der Waals surface area contributed by atoms with Crippen LogP contribution in [0.4, 0.5) is 0 Å². The normalized spacial score (nSPS) is 28.7. The Morgan fingerprint density at radius 2 is 2.02 bits per heavy atom. The zero-order valence-electron chi connectivity index (χ0n) is 24.6. The van der Waals surface area contributed by atoms with Gasteiger partial charge < -0.3 is 24.4 Å². The second-order valence-corrected chi connectivity index (χ2v) is 12.3. The van der Waals surface area contributed by atoms with Crippen LogP contribution in [0.2, 0.25) is 0 Å². The van der Waals surface area contributed by atoms with Crippen LogP contribution in [0.1, 0.15) is 46.5 Å². The summed E-state index contributed by atoms with van der Waals surface area (Å²) in [5.41, 5.74) is -0.732. The van der Waals surface area contributed by atoms with Crippen LogP contribution >= 0.6 is 0 Å². The van der Waals surface area contributed by atoms with Crippen LogP contribution in [0.5, 0.6) is 0 Å². The summed E-state index contributed by atoms with van der Waals surface area (Å²) in [5.74, 6) is -2.84. The fourth-order valence-electron chi connectivity index (χ4n) is 7.28. The predicted octanol–water partition coefficient (Wildman–Crippen LogP) is 2.69. The van der Waals surface area contributed by atoms with Crippen LogP contribution in [0, 0.1) is 17.8 Å². The molecule has 3 aliphatic rings. The fourth-order valence-corrected chi connectivity index (χ4v) is 7.28. The lowest BCUT2D eigenvalue weighted by molar-refractivity contribution is -0.162. The number of aliphatic hydroxyl groups excluding tert-OH is 1. The number of fused-ring (bicyclic) bond motifs is 2. The van der Waals surface area contributed by atoms with Gasteiger partial charge in [-0.05, 0) is 50.7 Å². The van der Waals surface area contributed by atoms with Crippen molar-refractivity contribution < 1.29 is 29.0 Å². The molecule has 1 aromatic carbocycles. The molecule has 6 atom stereocenters. The number of aliphatic hydroxyl groups is 1. The third-order valence-corrected chi connectivity index (χ3v) is 9.00. The Hall–Kier alpha value is -3.57. The third-order valence-electron chi connectivity index (χ3n) is 9.00. The molecule has 11 nitrogen and oxygen atoms in total. The minimum Gasteiger partial charge on any atom is -0.465 e. The van der Waals surface area contributed by atoms with Gasteiger partial charge in [-0.1, -0.05) is 43.3 Å². The molecule has 3 aliphatic heterocycles. The lowest BCUT2D eigenvalue weighted by Crippen LogP contribution is -2.59. The molecule has 2 unspecified atom stereocenters. The van der Waals surface area contributed by atoms with Crippen LogP contribution in [-0.4, -0.2) is 90.7 Å². The van der Waals surface area contributed by atoms with Gasteiger partial charge >= 0.3 is 5.97 Å². The average Bonchev–Trinajstić information content (AvgIpc) is 3.66. The number of para-hydroxylation sites is 1. The van der Waals surface area contributed by atoms with E-state index in [9.17, 15) is 19.5 Å². The maximum atomic E-state index is 14.7. The van der Waals surface area contributed by atoms with Gasteiger partial charge in [-0.3, -0.25) is 14.4 Å². The summed E-state index contributed by atoms with van der Waals surface area (Å²) in [5, 5.41) is 19.0. The van der Waals surface area contributed by atoms with E-state index >= 15 is 0 Å². The Kier molecular flexibility index (Phi) is 8.26. The molecule has 226 valence electrons. The first-order valence-electron chi connectivity index (χ1n) is 14.7. The van der Waals surface area contributed by atoms with Crippen LogP contribution in [0.25, 0.3) is 11.0 Å². The van der Waals surface area contributed by atoms with Crippen LogP contribution in [-0.2, 0) is 30.5 Å². The van der Waals surface area contributed by atoms with E-state index in [1.54, 1.807) is 21.7 Å². The van der Waals surface area contributed by atoms with Gasteiger partial charge in [-0.2, -0.15) is 0 Å². The maximum absolute atomic E-state index is 14.7. The summed E-state index contributed by atoms with van der Waals surface area (Å²) >= 11 is 0. The van der Waals surface area contributed by atoms with Crippen molar-refractivity contribution in [2.75, 3.05) is 19.8 Å². The fraction of sp³-hybridized carbons (Fsp3) is 0.581. The molecule has 3 saturated heterocycles. The first-order chi connectivity index (χ1) is 20.1. The lowest BCUT2D eigenvalue weighted by Gasteiger charge is -2.39. The maximum Gasteiger partial charge on any atom is 0.312 e. The molecule has 2 bridgehead atoms. The number of amides is 2. The van der Waals surface area contributed by atoms with Crippen molar-refractivity contribution in [2.24, 2.45) is 17.8 Å². The number of benzene rings is 1. The number of ether oxygens (including phenoxy) is 2. The topological polar surface area (TPSA) is 127 Å². The van der Waals surface area contributed by atoms with E-state index in [0.717, 1.165) is 5.52 Å². The number of aromatic nitrogens is 3. The van der Waals surface area contributed by atoms with Gasteiger partial charge in [0.15, 0.2) is 0 Å². The standard InChI is InChI=1S/C31H41N5O6/c1-6-8-16-41-29(40)25-24-27(38)36(21(18-37)17-20(3)4)26(31(24)14-13-30(25,5)42-31)28(39)34(15-7-2)19-35-23-12-10-9-11-22(23)32-33-35/h6-7,9-12,20-21,24-26,37H,1-2,8,13-19H2,3-5H3/t21-,24+,25-,26?,30+,31?/m1/s1. The summed E-state index contributed by atoms with van der Waals surface area (Å²) in [4.78, 5) is 45.7. The second kappa shape index (κ2) is 11.6. The summed E-state index contributed by atoms with van der Waals surface area (Å²) in [6.45, 7) is 13.5. The number of likely N-dealkylation sites (tertiary alicyclic amines) is 1. The summed E-state index contributed by atoms with van der Waals surface area (Å²) in [6, 6.07) is 5.79. The summed E-state index contributed by atoms with van der Waals surface area (Å²) in [7, 11) is 0. The highest BCUT2D eigenvalue weighted by atomic mass is 16.6. The molecular weight excluding hydrogens is 538 g/mol. The molecule has 1 N–H and O–H groups in total. The molecule has 5 rings (SSSR count). The quantitative estimate of drug-likeness (QED) is 0.218. The van der Waals surface area contributed by atoms with Crippen LogP contribution in [0.3, 0.4) is 0 Å². The van der Waals surface area contributed by atoms with Gasteiger partial charge in [-0.15, -0.1) is 18.3 Å². The molecule has 3 fully saturated rings. The second-order valence-electron chi connectivity index (χ2n) is 12.3. The van der Waals surface area contributed by atoms with Gasteiger partial charge in [0.1, 0.15) is 29.7 Å². The zero-order chi connectivity index (χ0) is 30.2. The number of nitrogens with zero attached hydrogens (tertiary/aromatic N) is 5. The SMILES string of the molecule is C=CCCOC(=O)[C@H]1[C@H]2C(=O)N([C@@H](CO)CC(C)C)C(C(=O)N(CC=C)Cn3nnc4ccccc43)C23CC[C@]1(C)O3. The van der Waals surface area contributed by atoms with Crippen LogP contribution < -0.4 is 0 Å². The van der Waals surface area contributed by atoms with Crippen LogP contribution in [0.15, 0.2) is 49.6 Å². The Labute approximate surface area is 246 Å². The summed E-state index contributed by atoms with van der Waals surface area (Å²) in [6.07, 6.45) is 5.18. The Morgan fingerprint density at radius 3 is 2.71 bits per heavy atom. The Morgan fingerprint density at radius 1 is 1.26 bits per heavy atom. The van der Waals surface area contributed by atoms with Crippen molar-refractivity contribution in [3.05, 3.63) is 49.6 Å². The largest absolute Gasteiger partial charge is 0.465 e. The predicted molar refractivity (Wildman–Crippen MR) is 155 cm³/mol. The molecule has 11 heteroatoms. The average molecular weight is 580 g/mol. The number of hydrogen-bond donors (Lipinski definition) is 1. The number of carbonyl (C=O) groups excluding carboxylic acids is 3. The third kappa shape index (κ3) is 4.82. The monoisotopic (exact) mass is 579 g/mol. The van der Waals surface area contributed by atoms with Crippen molar-refractivity contribution in [1.29, 1.82) is 0 Å². The van der Waals surface area contributed by atoms with Gasteiger partial charge in [0, 0.05) is 6.54 Å². The minimum atomic E-state index is -1.24. The van der Waals surface area contributed by atoms with E-state index in [4.69, 9.17) is 9.47 Å². The number of rotatable bonds is 13. The molecule has 4 heterocycles. The molecule has 42 heavy (non-hydrogen) atoms. The molecule has 2 amide bonds. The molecule has 1 aromatic heterocycles. The summed E-state index contributed by atoms with van der Waals surface area (Å²) < 4.78 is 13.9. The van der Waals surface area contributed by atoms with Gasteiger partial charge in [0.2, 0.25) is 11.8 Å². The van der Waals surface area contributed by atoms with Crippen molar-refractivity contribution in [3.8, 4) is 0 Å². The Balaban J connectivity index is 1.56. The smallest absolute Gasteiger partial charge is 0.312 e. The highest BCUT2D eigenvalue weighted by Crippen LogP contribution is 2.63. The number of hydrogen-bond acceptors (Lipinski definition) is 8. The number of esters is 1. The Bertz CT molecular complexity index is 1370. The zero-order valence-corrected chi connectivity index (χ0v) is 24.6. The van der Waals surface area contributed by atoms with Gasteiger partial charge in [-0.25, -0.2) is 4.68 Å². The lowest BCUT2D eigenvalue weighted by atomic mass is 9.66.